The fourth-order valence-electron chi connectivity index (χ4n) is 7.18. The van der Waals surface area contributed by atoms with Crippen LogP contribution in [-0.2, 0) is 0 Å². The van der Waals surface area contributed by atoms with E-state index in [-0.39, 0.29) is 6.04 Å². The number of benzene rings is 5. The molecule has 7 aromatic rings. The summed E-state index contributed by atoms with van der Waals surface area (Å²) in [7, 11) is 0. The molecule has 0 spiro atoms. The van der Waals surface area contributed by atoms with Crippen molar-refractivity contribution >= 4 is 33.2 Å². The average Bonchev–Trinajstić information content (AvgIpc) is 3.62. The van der Waals surface area contributed by atoms with Crippen molar-refractivity contribution in [3.05, 3.63) is 169 Å². The molecule has 0 saturated heterocycles. The van der Waals surface area contributed by atoms with Gasteiger partial charge in [0.2, 0.25) is 0 Å². The molecule has 0 bridgehead atoms. The van der Waals surface area contributed by atoms with Crippen LogP contribution in [0.1, 0.15) is 11.5 Å². The van der Waals surface area contributed by atoms with Crippen LogP contribution in [0.5, 0.6) is 0 Å². The van der Waals surface area contributed by atoms with Gasteiger partial charge < -0.3 is 9.47 Å². The number of allylic oxidation sites excluding steroid dienone is 2. The lowest BCUT2D eigenvalue weighted by atomic mass is 9.91. The summed E-state index contributed by atoms with van der Waals surface area (Å²) in [4.78, 5) is 7.63. The highest BCUT2D eigenvalue weighted by Crippen LogP contribution is 2.52. The SMILES string of the molecule is C1=CC2c3ccc4c5ccccc5n(-c5cccc(-c6cccc(-c7ccccc7)n6)c5)c4c3N(c3ccccc3)C2C=C1. The minimum absolute atomic E-state index is 0.228. The van der Waals surface area contributed by atoms with Crippen LogP contribution in [0.25, 0.3) is 50.0 Å². The van der Waals surface area contributed by atoms with Crippen molar-refractivity contribution in [3.63, 3.8) is 0 Å². The van der Waals surface area contributed by atoms with Gasteiger partial charge in [0.25, 0.3) is 0 Å². The third-order valence-corrected chi connectivity index (χ3v) is 9.10. The number of para-hydroxylation sites is 2. The average molecular weight is 564 g/mol. The van der Waals surface area contributed by atoms with Crippen molar-refractivity contribution in [2.45, 2.75) is 12.0 Å². The Hall–Kier alpha value is -5.67. The highest BCUT2D eigenvalue weighted by atomic mass is 15.2. The number of rotatable bonds is 4. The molecule has 2 aromatic heterocycles. The molecule has 0 radical (unpaired) electrons. The van der Waals surface area contributed by atoms with Gasteiger partial charge in [0, 0.05) is 39.2 Å². The van der Waals surface area contributed by atoms with E-state index in [1.807, 2.05) is 6.07 Å². The van der Waals surface area contributed by atoms with Crippen molar-refractivity contribution < 1.29 is 0 Å². The maximum absolute atomic E-state index is 5.09. The lowest BCUT2D eigenvalue weighted by molar-refractivity contribution is 0.745. The van der Waals surface area contributed by atoms with Crippen LogP contribution in [0.4, 0.5) is 11.4 Å². The molecule has 2 atom stereocenters. The monoisotopic (exact) mass is 563 g/mol. The molecule has 208 valence electrons. The maximum atomic E-state index is 5.09. The van der Waals surface area contributed by atoms with E-state index in [2.05, 4.69) is 167 Å². The quantitative estimate of drug-likeness (QED) is 0.212. The number of fused-ring (bicyclic) bond motifs is 7. The van der Waals surface area contributed by atoms with Crippen LogP contribution in [0.15, 0.2) is 164 Å². The summed E-state index contributed by atoms with van der Waals surface area (Å²) in [5, 5.41) is 2.52. The fraction of sp³-hybridized carbons (Fsp3) is 0.0488. The van der Waals surface area contributed by atoms with E-state index in [0.29, 0.717) is 5.92 Å². The Kier molecular flexibility index (Phi) is 5.63. The van der Waals surface area contributed by atoms with Gasteiger partial charge in [0.1, 0.15) is 0 Å². The number of hydrogen-bond acceptors (Lipinski definition) is 2. The maximum Gasteiger partial charge on any atom is 0.0782 e. The molecule has 2 unspecified atom stereocenters. The predicted molar refractivity (Wildman–Crippen MR) is 183 cm³/mol. The Morgan fingerprint density at radius 3 is 2.07 bits per heavy atom. The summed E-state index contributed by atoms with van der Waals surface area (Å²) < 4.78 is 2.47. The molecule has 0 fully saturated rings. The third-order valence-electron chi connectivity index (χ3n) is 9.10. The minimum atomic E-state index is 0.228. The summed E-state index contributed by atoms with van der Waals surface area (Å²) >= 11 is 0. The molecule has 3 nitrogen and oxygen atoms in total. The highest BCUT2D eigenvalue weighted by Gasteiger charge is 2.39. The van der Waals surface area contributed by atoms with E-state index < -0.39 is 0 Å². The molecule has 44 heavy (non-hydrogen) atoms. The Balaban J connectivity index is 1.30. The first-order valence-corrected chi connectivity index (χ1v) is 15.2. The normalized spacial score (nSPS) is 16.9. The molecular formula is C41H29N3. The van der Waals surface area contributed by atoms with Gasteiger partial charge in [-0.2, -0.15) is 0 Å². The van der Waals surface area contributed by atoms with E-state index in [1.54, 1.807) is 0 Å². The van der Waals surface area contributed by atoms with Gasteiger partial charge in [-0.1, -0.05) is 121 Å². The molecule has 3 heterocycles. The van der Waals surface area contributed by atoms with Gasteiger partial charge in [-0.3, -0.25) is 0 Å². The molecule has 1 aliphatic heterocycles. The zero-order valence-corrected chi connectivity index (χ0v) is 24.1. The van der Waals surface area contributed by atoms with Crippen LogP contribution in [-0.4, -0.2) is 15.6 Å². The molecule has 0 amide bonds. The Labute approximate surface area is 256 Å². The van der Waals surface area contributed by atoms with Gasteiger partial charge in [0.15, 0.2) is 0 Å². The summed E-state index contributed by atoms with van der Waals surface area (Å²) in [5.74, 6) is 0.294. The van der Waals surface area contributed by atoms with E-state index in [9.17, 15) is 0 Å². The van der Waals surface area contributed by atoms with E-state index in [1.165, 1.54) is 38.7 Å². The zero-order valence-electron chi connectivity index (χ0n) is 24.1. The van der Waals surface area contributed by atoms with Crippen LogP contribution in [0.3, 0.4) is 0 Å². The van der Waals surface area contributed by atoms with Crippen molar-refractivity contribution in [3.8, 4) is 28.2 Å². The largest absolute Gasteiger partial charge is 0.332 e. The first kappa shape index (κ1) is 24.9. The Morgan fingerprint density at radius 1 is 0.523 bits per heavy atom. The topological polar surface area (TPSA) is 21.1 Å². The highest BCUT2D eigenvalue weighted by molar-refractivity contribution is 6.15. The summed E-state index contributed by atoms with van der Waals surface area (Å²) in [6.45, 7) is 0. The molecule has 3 heteroatoms. The van der Waals surface area contributed by atoms with Gasteiger partial charge >= 0.3 is 0 Å². The van der Waals surface area contributed by atoms with E-state index in [0.717, 1.165) is 28.2 Å². The minimum Gasteiger partial charge on any atom is -0.332 e. The molecule has 0 N–H and O–H groups in total. The lowest BCUT2D eigenvalue weighted by Crippen LogP contribution is -2.28. The number of pyridine rings is 1. The molecule has 9 rings (SSSR count). The first-order valence-electron chi connectivity index (χ1n) is 15.2. The van der Waals surface area contributed by atoms with Crippen LogP contribution < -0.4 is 4.90 Å². The molecule has 5 aromatic carbocycles. The summed E-state index contributed by atoms with van der Waals surface area (Å²) in [6, 6.07) is 50.1. The zero-order chi connectivity index (χ0) is 29.0. The standard InChI is InChI=1S/C41H29N3/c1-3-13-28(14-4-1)36-21-12-22-37(42-36)29-15-11-18-31(27-29)44-39-24-10-8-20-33(39)35-26-25-34-32-19-7-9-23-38(32)43(40(34)41(35)44)30-16-5-2-6-17-30/h1-27,32,38H. The van der Waals surface area contributed by atoms with Gasteiger partial charge in [-0.15, -0.1) is 0 Å². The molecule has 0 saturated carbocycles. The van der Waals surface area contributed by atoms with Gasteiger partial charge in [-0.05, 0) is 48.0 Å². The van der Waals surface area contributed by atoms with Gasteiger partial charge in [-0.25, -0.2) is 4.98 Å². The lowest BCUT2D eigenvalue weighted by Gasteiger charge is -2.29. The van der Waals surface area contributed by atoms with Crippen molar-refractivity contribution in [1.29, 1.82) is 0 Å². The smallest absolute Gasteiger partial charge is 0.0782 e. The number of aromatic nitrogens is 2. The predicted octanol–water partition coefficient (Wildman–Crippen LogP) is 10.2. The second kappa shape index (κ2) is 9.96. The first-order chi connectivity index (χ1) is 21.8. The second-order valence-corrected chi connectivity index (χ2v) is 11.6. The van der Waals surface area contributed by atoms with Crippen LogP contribution >= 0.6 is 0 Å². The Bertz CT molecular complexity index is 2240. The molecular weight excluding hydrogens is 534 g/mol. The van der Waals surface area contributed by atoms with E-state index >= 15 is 0 Å². The van der Waals surface area contributed by atoms with Crippen molar-refractivity contribution in [2.24, 2.45) is 0 Å². The number of nitrogens with zero attached hydrogens (tertiary/aromatic N) is 3. The second-order valence-electron chi connectivity index (χ2n) is 11.6. The van der Waals surface area contributed by atoms with Gasteiger partial charge in [0.05, 0.1) is 34.2 Å². The van der Waals surface area contributed by atoms with Crippen LogP contribution in [0, 0.1) is 0 Å². The molecule has 2 aliphatic rings. The van der Waals surface area contributed by atoms with Crippen molar-refractivity contribution in [2.75, 3.05) is 4.90 Å². The number of anilines is 2. The summed E-state index contributed by atoms with van der Waals surface area (Å²) in [5.41, 5.74) is 11.6. The molecule has 1 aliphatic carbocycles. The van der Waals surface area contributed by atoms with Crippen LogP contribution in [0.2, 0.25) is 0 Å². The third kappa shape index (κ3) is 3.79. The summed E-state index contributed by atoms with van der Waals surface area (Å²) in [6.07, 6.45) is 9.09. The van der Waals surface area contributed by atoms with Crippen molar-refractivity contribution in [1.82, 2.24) is 9.55 Å². The van der Waals surface area contributed by atoms with E-state index in [4.69, 9.17) is 4.98 Å². The fourth-order valence-corrected chi connectivity index (χ4v) is 7.18. The number of hydrogen-bond donors (Lipinski definition) is 0. The Morgan fingerprint density at radius 2 is 1.20 bits per heavy atom.